The first-order chi connectivity index (χ1) is 10.6. The Balaban J connectivity index is 0.00000264. The van der Waals surface area contributed by atoms with Crippen molar-refractivity contribution in [3.63, 3.8) is 0 Å². The van der Waals surface area contributed by atoms with Gasteiger partial charge in [-0.15, -0.1) is 46.7 Å². The Morgan fingerprint density at radius 3 is 2.61 bits per heavy atom. The van der Waals surface area contributed by atoms with E-state index in [-0.39, 0.29) is 24.0 Å². The van der Waals surface area contributed by atoms with Crippen molar-refractivity contribution in [3.8, 4) is 0 Å². The zero-order valence-corrected chi connectivity index (χ0v) is 19.0. The molecule has 2 heterocycles. The summed E-state index contributed by atoms with van der Waals surface area (Å²) in [7, 11) is 0. The van der Waals surface area contributed by atoms with Gasteiger partial charge >= 0.3 is 0 Å². The summed E-state index contributed by atoms with van der Waals surface area (Å²) in [5, 5.41) is 7.72. The van der Waals surface area contributed by atoms with Crippen molar-refractivity contribution in [2.45, 2.75) is 33.7 Å². The first-order valence-corrected chi connectivity index (χ1v) is 9.70. The van der Waals surface area contributed by atoms with Crippen LogP contribution in [0.2, 0.25) is 0 Å². The highest BCUT2D eigenvalue weighted by Gasteiger charge is 2.04. The summed E-state index contributed by atoms with van der Waals surface area (Å²) in [6.45, 7) is 8.57. The predicted molar refractivity (Wildman–Crippen MR) is 116 cm³/mol. The number of halogens is 2. The number of aliphatic imine (C=N–C) groups is 1. The summed E-state index contributed by atoms with van der Waals surface area (Å²) in [6, 6.07) is 4.24. The summed E-state index contributed by atoms with van der Waals surface area (Å²) in [5.74, 6) is 0.851. The van der Waals surface area contributed by atoms with Crippen LogP contribution < -0.4 is 10.6 Å². The molecule has 2 N–H and O–H groups in total. The second kappa shape index (κ2) is 10.6. The predicted octanol–water partition coefficient (Wildman–Crippen LogP) is 4.50. The van der Waals surface area contributed by atoms with Crippen molar-refractivity contribution in [1.29, 1.82) is 0 Å². The van der Waals surface area contributed by atoms with Crippen molar-refractivity contribution in [2.24, 2.45) is 4.99 Å². The maximum atomic E-state index is 4.61. The van der Waals surface area contributed by atoms with Gasteiger partial charge in [0, 0.05) is 22.8 Å². The average molecular weight is 529 g/mol. The molecule has 2 aromatic heterocycles. The second-order valence-electron chi connectivity index (χ2n) is 4.83. The summed E-state index contributed by atoms with van der Waals surface area (Å²) in [5.41, 5.74) is 1.11. The number of hydrogen-bond acceptors (Lipinski definition) is 4. The van der Waals surface area contributed by atoms with Crippen LogP contribution in [0.3, 0.4) is 0 Å². The van der Waals surface area contributed by atoms with Crippen LogP contribution in [-0.4, -0.2) is 24.0 Å². The molecule has 0 aliphatic heterocycles. The normalized spacial score (nSPS) is 11.2. The number of hydrogen-bond donors (Lipinski definition) is 2. The van der Waals surface area contributed by atoms with E-state index >= 15 is 0 Å². The van der Waals surface area contributed by atoms with Crippen LogP contribution >= 0.6 is 62.6 Å². The molecule has 0 saturated carbocycles. The lowest BCUT2D eigenvalue weighted by atomic mass is 10.3. The van der Waals surface area contributed by atoms with Gasteiger partial charge in [0.15, 0.2) is 5.96 Å². The Kier molecular flexibility index (Phi) is 9.64. The van der Waals surface area contributed by atoms with Gasteiger partial charge in [-0.05, 0) is 55.3 Å². The van der Waals surface area contributed by atoms with Gasteiger partial charge in [0.05, 0.1) is 16.0 Å². The van der Waals surface area contributed by atoms with Gasteiger partial charge in [-0.3, -0.25) is 0 Å². The van der Waals surface area contributed by atoms with Crippen LogP contribution in [0.5, 0.6) is 0 Å². The maximum absolute atomic E-state index is 4.61. The van der Waals surface area contributed by atoms with Crippen LogP contribution in [0, 0.1) is 13.8 Å². The monoisotopic (exact) mass is 528 g/mol. The SMILES string of the molecule is CCNC(=NCc1nc(C)c(C)s1)NCCc1ccc(Br)s1.I. The summed E-state index contributed by atoms with van der Waals surface area (Å²) in [6.07, 6.45) is 0.996. The molecule has 0 bridgehead atoms. The van der Waals surface area contributed by atoms with E-state index in [4.69, 9.17) is 0 Å². The van der Waals surface area contributed by atoms with Crippen molar-refractivity contribution < 1.29 is 0 Å². The van der Waals surface area contributed by atoms with E-state index in [0.29, 0.717) is 6.54 Å². The quantitative estimate of drug-likeness (QED) is 0.329. The lowest BCUT2D eigenvalue weighted by Crippen LogP contribution is -2.38. The lowest BCUT2D eigenvalue weighted by Gasteiger charge is -2.10. The molecule has 0 aliphatic carbocycles. The largest absolute Gasteiger partial charge is 0.357 e. The minimum Gasteiger partial charge on any atom is -0.357 e. The number of nitrogens with zero attached hydrogens (tertiary/aromatic N) is 2. The van der Waals surface area contributed by atoms with E-state index in [1.165, 1.54) is 13.5 Å². The molecular weight excluding hydrogens is 507 g/mol. The number of nitrogens with one attached hydrogen (secondary N) is 2. The molecule has 4 nitrogen and oxygen atoms in total. The van der Waals surface area contributed by atoms with Gasteiger partial charge in [0.25, 0.3) is 0 Å². The Labute approximate surface area is 171 Å². The molecule has 0 atom stereocenters. The third kappa shape index (κ3) is 7.06. The Morgan fingerprint density at radius 2 is 2.04 bits per heavy atom. The molecular formula is C15H22BrIN4S2. The van der Waals surface area contributed by atoms with E-state index in [9.17, 15) is 0 Å². The number of guanidine groups is 1. The van der Waals surface area contributed by atoms with Crippen LogP contribution in [-0.2, 0) is 13.0 Å². The molecule has 8 heteroatoms. The molecule has 0 aliphatic rings. The highest BCUT2D eigenvalue weighted by Crippen LogP contribution is 2.22. The number of aromatic nitrogens is 1. The molecule has 2 aromatic rings. The highest BCUT2D eigenvalue weighted by atomic mass is 127. The van der Waals surface area contributed by atoms with Gasteiger partial charge < -0.3 is 10.6 Å². The van der Waals surface area contributed by atoms with E-state index in [1.807, 2.05) is 6.92 Å². The lowest BCUT2D eigenvalue weighted by molar-refractivity contribution is 0.803. The van der Waals surface area contributed by atoms with Crippen LogP contribution in [0.25, 0.3) is 0 Å². The minimum absolute atomic E-state index is 0. The van der Waals surface area contributed by atoms with E-state index < -0.39 is 0 Å². The van der Waals surface area contributed by atoms with E-state index in [0.717, 1.165) is 36.2 Å². The molecule has 0 amide bonds. The third-order valence-electron chi connectivity index (χ3n) is 3.08. The molecule has 0 fully saturated rings. The minimum atomic E-state index is 0. The average Bonchev–Trinajstić information content (AvgIpc) is 3.03. The molecule has 0 saturated heterocycles. The Morgan fingerprint density at radius 1 is 1.26 bits per heavy atom. The number of thiophene rings is 1. The van der Waals surface area contributed by atoms with Crippen molar-refractivity contribution in [3.05, 3.63) is 36.4 Å². The second-order valence-corrected chi connectivity index (χ2v) is 8.66. The Bertz CT molecular complexity index is 620. The molecule has 0 unspecified atom stereocenters. The molecule has 0 spiro atoms. The highest BCUT2D eigenvalue weighted by molar-refractivity contribution is 14.0. The molecule has 128 valence electrons. The van der Waals surface area contributed by atoms with Crippen LogP contribution in [0.15, 0.2) is 20.9 Å². The number of thiazole rings is 1. The standard InChI is InChI=1S/C15H21BrN4S2.HI/c1-4-17-15(18-8-7-12-5-6-13(16)22-12)19-9-14-20-10(2)11(3)21-14;/h5-6H,4,7-9H2,1-3H3,(H2,17,18,19);1H. The summed E-state index contributed by atoms with van der Waals surface area (Å²) in [4.78, 5) is 11.8. The van der Waals surface area contributed by atoms with Crippen molar-refractivity contribution in [1.82, 2.24) is 15.6 Å². The summed E-state index contributed by atoms with van der Waals surface area (Å²) < 4.78 is 1.18. The topological polar surface area (TPSA) is 49.3 Å². The first kappa shape index (κ1) is 20.9. The van der Waals surface area contributed by atoms with Crippen molar-refractivity contribution in [2.75, 3.05) is 13.1 Å². The Hall–Kier alpha value is -0.190. The fourth-order valence-electron chi connectivity index (χ4n) is 1.89. The van der Waals surface area contributed by atoms with Crippen LogP contribution in [0.1, 0.15) is 27.4 Å². The fraction of sp³-hybridized carbons (Fsp3) is 0.467. The van der Waals surface area contributed by atoms with Gasteiger partial charge in [-0.25, -0.2) is 9.98 Å². The zero-order valence-electron chi connectivity index (χ0n) is 13.5. The van der Waals surface area contributed by atoms with E-state index in [1.54, 1.807) is 22.7 Å². The fourth-order valence-corrected chi connectivity index (χ4v) is 4.23. The van der Waals surface area contributed by atoms with Gasteiger partial charge in [-0.1, -0.05) is 0 Å². The smallest absolute Gasteiger partial charge is 0.191 e. The van der Waals surface area contributed by atoms with Gasteiger partial charge in [0.1, 0.15) is 5.01 Å². The van der Waals surface area contributed by atoms with Gasteiger partial charge in [0.2, 0.25) is 0 Å². The van der Waals surface area contributed by atoms with Gasteiger partial charge in [-0.2, -0.15) is 0 Å². The maximum Gasteiger partial charge on any atom is 0.191 e. The zero-order chi connectivity index (χ0) is 15.9. The number of aryl methyl sites for hydroxylation is 2. The van der Waals surface area contributed by atoms with Crippen LogP contribution in [0.4, 0.5) is 0 Å². The molecule has 23 heavy (non-hydrogen) atoms. The van der Waals surface area contributed by atoms with Crippen molar-refractivity contribution >= 4 is 68.5 Å². The molecule has 0 aromatic carbocycles. The summed E-state index contributed by atoms with van der Waals surface area (Å²) >= 11 is 6.99. The number of rotatable bonds is 6. The first-order valence-electron chi connectivity index (χ1n) is 7.27. The van der Waals surface area contributed by atoms with E-state index in [2.05, 4.69) is 62.5 Å². The molecule has 2 rings (SSSR count). The third-order valence-corrected chi connectivity index (χ3v) is 5.82. The molecule has 0 radical (unpaired) electrons.